The highest BCUT2D eigenvalue weighted by molar-refractivity contribution is 6.30. The average molecular weight is 428 g/mol. The SMILES string of the molecule is COc1ccc(-c2noc([C@@H]3C[C@H](NC(=O)Nc4ccc(Cl)cc4)CN3C)n2)cc1. The van der Waals surface area contributed by atoms with Crippen LogP contribution in [0.3, 0.4) is 0 Å². The number of amides is 2. The third-order valence-corrected chi connectivity index (χ3v) is 5.31. The maximum absolute atomic E-state index is 12.3. The minimum absolute atomic E-state index is 0.0383. The summed E-state index contributed by atoms with van der Waals surface area (Å²) in [5.41, 5.74) is 1.53. The van der Waals surface area contributed by atoms with E-state index < -0.39 is 0 Å². The van der Waals surface area contributed by atoms with Crippen molar-refractivity contribution >= 4 is 23.3 Å². The Morgan fingerprint density at radius 1 is 1.20 bits per heavy atom. The van der Waals surface area contributed by atoms with E-state index in [-0.39, 0.29) is 18.1 Å². The van der Waals surface area contributed by atoms with Gasteiger partial charge in [0.25, 0.3) is 0 Å². The molecule has 30 heavy (non-hydrogen) atoms. The van der Waals surface area contributed by atoms with Gasteiger partial charge in [0.05, 0.1) is 13.2 Å². The Labute approximate surface area is 179 Å². The number of nitrogens with one attached hydrogen (secondary N) is 2. The topological polar surface area (TPSA) is 92.5 Å². The molecule has 3 aromatic rings. The third-order valence-electron chi connectivity index (χ3n) is 5.06. The van der Waals surface area contributed by atoms with E-state index in [1.807, 2.05) is 31.3 Å². The summed E-state index contributed by atoms with van der Waals surface area (Å²) in [6.07, 6.45) is 0.675. The van der Waals surface area contributed by atoms with Gasteiger partial charge in [0.15, 0.2) is 0 Å². The number of carbonyl (C=O) groups is 1. The van der Waals surface area contributed by atoms with Gasteiger partial charge in [-0.25, -0.2) is 4.79 Å². The van der Waals surface area contributed by atoms with Gasteiger partial charge in [-0.15, -0.1) is 0 Å². The van der Waals surface area contributed by atoms with Crippen molar-refractivity contribution in [2.24, 2.45) is 0 Å². The summed E-state index contributed by atoms with van der Waals surface area (Å²) in [6.45, 7) is 0.680. The quantitative estimate of drug-likeness (QED) is 0.640. The molecule has 0 spiro atoms. The monoisotopic (exact) mass is 427 g/mol. The van der Waals surface area contributed by atoms with Crippen molar-refractivity contribution in [2.45, 2.75) is 18.5 Å². The molecule has 0 bridgehead atoms. The van der Waals surface area contributed by atoms with E-state index in [2.05, 4.69) is 25.7 Å². The van der Waals surface area contributed by atoms with E-state index in [0.29, 0.717) is 35.4 Å². The Morgan fingerprint density at radius 2 is 1.93 bits per heavy atom. The lowest BCUT2D eigenvalue weighted by atomic mass is 10.1. The summed E-state index contributed by atoms with van der Waals surface area (Å²) in [7, 11) is 3.60. The summed E-state index contributed by atoms with van der Waals surface area (Å²) in [6, 6.07) is 14.1. The Kier molecular flexibility index (Phi) is 5.87. The highest BCUT2D eigenvalue weighted by Gasteiger charge is 2.35. The number of benzene rings is 2. The summed E-state index contributed by atoms with van der Waals surface area (Å²) in [4.78, 5) is 19.0. The van der Waals surface area contributed by atoms with E-state index in [1.165, 1.54) is 0 Å². The van der Waals surface area contributed by atoms with Crippen LogP contribution in [0.4, 0.5) is 10.5 Å². The van der Waals surface area contributed by atoms with Crippen LogP contribution in [-0.4, -0.2) is 47.8 Å². The van der Waals surface area contributed by atoms with Crippen LogP contribution in [0.2, 0.25) is 5.02 Å². The van der Waals surface area contributed by atoms with Crippen molar-refractivity contribution in [3.8, 4) is 17.1 Å². The predicted octanol–water partition coefficient (Wildman–Crippen LogP) is 3.97. The van der Waals surface area contributed by atoms with Crippen LogP contribution in [0, 0.1) is 0 Å². The average Bonchev–Trinajstić information content (AvgIpc) is 3.36. The van der Waals surface area contributed by atoms with E-state index in [1.54, 1.807) is 31.4 Å². The normalized spacial score (nSPS) is 18.9. The summed E-state index contributed by atoms with van der Waals surface area (Å²) in [5, 5.41) is 10.5. The van der Waals surface area contributed by atoms with Crippen LogP contribution in [-0.2, 0) is 0 Å². The first-order valence-corrected chi connectivity index (χ1v) is 9.91. The summed E-state index contributed by atoms with van der Waals surface area (Å²) >= 11 is 5.87. The number of anilines is 1. The van der Waals surface area contributed by atoms with E-state index >= 15 is 0 Å². The first-order chi connectivity index (χ1) is 14.5. The zero-order valence-electron chi connectivity index (χ0n) is 16.6. The van der Waals surface area contributed by atoms with Gasteiger partial charge in [-0.05, 0) is 62.0 Å². The molecule has 2 N–H and O–H groups in total. The molecule has 2 heterocycles. The Hall–Kier alpha value is -3.10. The van der Waals surface area contributed by atoms with E-state index in [9.17, 15) is 4.79 Å². The summed E-state index contributed by atoms with van der Waals surface area (Å²) in [5.74, 6) is 1.83. The molecule has 8 nitrogen and oxygen atoms in total. The number of hydrogen-bond acceptors (Lipinski definition) is 6. The molecule has 1 saturated heterocycles. The standard InChI is InChI=1S/C21H22ClN5O3/c1-27-12-16(24-21(28)23-15-7-5-14(22)6-8-15)11-18(27)20-25-19(26-30-20)13-3-9-17(29-2)10-4-13/h3-10,16,18H,11-12H2,1-2H3,(H2,23,24,28)/t16-,18-/m0/s1. The Morgan fingerprint density at radius 3 is 2.63 bits per heavy atom. The number of likely N-dealkylation sites (tertiary alicyclic amines) is 1. The third kappa shape index (κ3) is 4.55. The zero-order valence-corrected chi connectivity index (χ0v) is 17.4. The molecule has 9 heteroatoms. The fourth-order valence-electron chi connectivity index (χ4n) is 3.51. The van der Waals surface area contributed by atoms with Crippen molar-refractivity contribution in [1.82, 2.24) is 20.4 Å². The maximum Gasteiger partial charge on any atom is 0.319 e. The Bertz CT molecular complexity index is 1010. The lowest BCUT2D eigenvalue weighted by molar-refractivity contribution is 0.243. The molecule has 0 saturated carbocycles. The van der Waals surface area contributed by atoms with Crippen LogP contribution in [0.25, 0.3) is 11.4 Å². The molecule has 1 aliphatic rings. The molecule has 2 aromatic carbocycles. The molecule has 2 atom stereocenters. The van der Waals surface area contributed by atoms with Gasteiger partial charge >= 0.3 is 6.03 Å². The molecule has 4 rings (SSSR count). The van der Waals surface area contributed by atoms with Crippen molar-refractivity contribution < 1.29 is 14.1 Å². The number of urea groups is 1. The first-order valence-electron chi connectivity index (χ1n) is 9.53. The molecule has 1 aliphatic heterocycles. The van der Waals surface area contributed by atoms with Crippen LogP contribution < -0.4 is 15.4 Å². The highest BCUT2D eigenvalue weighted by Crippen LogP contribution is 2.31. The van der Waals surface area contributed by atoms with Crippen LogP contribution in [0.15, 0.2) is 53.1 Å². The fourth-order valence-corrected chi connectivity index (χ4v) is 3.63. The molecular weight excluding hydrogens is 406 g/mol. The minimum atomic E-state index is -0.263. The minimum Gasteiger partial charge on any atom is -0.497 e. The van der Waals surface area contributed by atoms with Gasteiger partial charge in [0.2, 0.25) is 11.7 Å². The van der Waals surface area contributed by atoms with Crippen LogP contribution in [0.1, 0.15) is 18.4 Å². The van der Waals surface area contributed by atoms with Gasteiger partial charge in [0.1, 0.15) is 5.75 Å². The van der Waals surface area contributed by atoms with E-state index in [0.717, 1.165) is 11.3 Å². The zero-order chi connectivity index (χ0) is 21.1. The lowest BCUT2D eigenvalue weighted by Gasteiger charge is -2.14. The maximum atomic E-state index is 12.3. The molecule has 2 amide bonds. The van der Waals surface area contributed by atoms with Crippen molar-refractivity contribution in [3.63, 3.8) is 0 Å². The molecule has 0 aliphatic carbocycles. The largest absolute Gasteiger partial charge is 0.497 e. The highest BCUT2D eigenvalue weighted by atomic mass is 35.5. The fraction of sp³-hybridized carbons (Fsp3) is 0.286. The molecule has 156 valence electrons. The van der Waals surface area contributed by atoms with Gasteiger partial charge in [-0.2, -0.15) is 4.98 Å². The van der Waals surface area contributed by atoms with Crippen molar-refractivity contribution in [3.05, 3.63) is 59.4 Å². The van der Waals surface area contributed by atoms with Gasteiger partial charge in [-0.3, -0.25) is 4.90 Å². The van der Waals surface area contributed by atoms with Crippen molar-refractivity contribution in [2.75, 3.05) is 26.0 Å². The second-order valence-electron chi connectivity index (χ2n) is 7.18. The number of nitrogens with zero attached hydrogens (tertiary/aromatic N) is 3. The number of halogens is 1. The first kappa shape index (κ1) is 20.2. The number of hydrogen-bond donors (Lipinski definition) is 2. The predicted molar refractivity (Wildman–Crippen MR) is 114 cm³/mol. The lowest BCUT2D eigenvalue weighted by Crippen LogP contribution is -2.39. The number of methoxy groups -OCH3 is 1. The molecule has 1 aromatic heterocycles. The van der Waals surface area contributed by atoms with Crippen LogP contribution >= 0.6 is 11.6 Å². The van der Waals surface area contributed by atoms with Gasteiger partial charge in [-0.1, -0.05) is 16.8 Å². The smallest absolute Gasteiger partial charge is 0.319 e. The number of aromatic nitrogens is 2. The second-order valence-corrected chi connectivity index (χ2v) is 7.61. The van der Waals surface area contributed by atoms with Gasteiger partial charge in [0, 0.05) is 28.9 Å². The molecule has 0 unspecified atom stereocenters. The van der Waals surface area contributed by atoms with Crippen LogP contribution in [0.5, 0.6) is 5.75 Å². The van der Waals surface area contributed by atoms with E-state index in [4.69, 9.17) is 20.9 Å². The van der Waals surface area contributed by atoms with Gasteiger partial charge < -0.3 is 19.9 Å². The number of ether oxygens (including phenoxy) is 1. The number of likely N-dealkylation sites (N-methyl/N-ethyl adjacent to an activating group) is 1. The molecular formula is C21H22ClN5O3. The number of rotatable bonds is 5. The summed E-state index contributed by atoms with van der Waals surface area (Å²) < 4.78 is 10.7. The molecule has 0 radical (unpaired) electrons. The molecule has 1 fully saturated rings. The van der Waals surface area contributed by atoms with Crippen molar-refractivity contribution in [1.29, 1.82) is 0 Å². The Balaban J connectivity index is 1.37. The number of carbonyl (C=O) groups excluding carboxylic acids is 1. The second kappa shape index (κ2) is 8.73.